The van der Waals surface area contributed by atoms with Gasteiger partial charge >= 0.3 is 0 Å². The first-order valence-electron chi connectivity index (χ1n) is 7.18. The molecule has 2 N–H and O–H groups in total. The first-order valence-corrected chi connectivity index (χ1v) is 7.18. The summed E-state index contributed by atoms with van der Waals surface area (Å²) >= 11 is 0. The molecule has 0 atom stereocenters. The van der Waals surface area contributed by atoms with E-state index in [0.717, 1.165) is 18.8 Å². The van der Waals surface area contributed by atoms with Crippen molar-refractivity contribution in [3.05, 3.63) is 65.2 Å². The number of nitrogen functional groups attached to an aromatic ring is 1. The topological polar surface area (TPSA) is 29.3 Å². The number of nitrogens with two attached hydrogens (primary N) is 1. The van der Waals surface area contributed by atoms with Gasteiger partial charge < -0.3 is 5.73 Å². The Morgan fingerprint density at radius 2 is 1.55 bits per heavy atom. The standard InChI is InChI=1S/C18H24N2/c1-14(2)20(12-16-7-4-6-15(3)10-16)13-17-8-5-9-18(19)11-17/h4-11,14H,12-13,19H2,1-3H3. The summed E-state index contributed by atoms with van der Waals surface area (Å²) in [5, 5.41) is 0. The van der Waals surface area contributed by atoms with Crippen LogP contribution in [0.2, 0.25) is 0 Å². The summed E-state index contributed by atoms with van der Waals surface area (Å²) in [6.07, 6.45) is 0. The van der Waals surface area contributed by atoms with Gasteiger partial charge in [-0.25, -0.2) is 0 Å². The minimum Gasteiger partial charge on any atom is -0.399 e. The maximum atomic E-state index is 5.86. The van der Waals surface area contributed by atoms with Crippen LogP contribution in [0.1, 0.15) is 30.5 Å². The predicted octanol–water partition coefficient (Wildman–Crippen LogP) is 3.99. The average Bonchev–Trinajstić information content (AvgIpc) is 2.38. The van der Waals surface area contributed by atoms with E-state index in [4.69, 9.17) is 5.73 Å². The highest BCUT2D eigenvalue weighted by atomic mass is 15.1. The van der Waals surface area contributed by atoms with Gasteiger partial charge in [-0.2, -0.15) is 0 Å². The van der Waals surface area contributed by atoms with Crippen molar-refractivity contribution in [1.82, 2.24) is 4.90 Å². The zero-order valence-electron chi connectivity index (χ0n) is 12.6. The molecule has 0 spiro atoms. The summed E-state index contributed by atoms with van der Waals surface area (Å²) in [6.45, 7) is 8.51. The van der Waals surface area contributed by atoms with Gasteiger partial charge in [-0.15, -0.1) is 0 Å². The second-order valence-corrected chi connectivity index (χ2v) is 5.73. The number of rotatable bonds is 5. The summed E-state index contributed by atoms with van der Waals surface area (Å²) < 4.78 is 0. The van der Waals surface area contributed by atoms with Crippen LogP contribution < -0.4 is 5.73 Å². The monoisotopic (exact) mass is 268 g/mol. The molecule has 0 unspecified atom stereocenters. The molecule has 2 aromatic carbocycles. The van der Waals surface area contributed by atoms with Crippen molar-refractivity contribution in [2.24, 2.45) is 0 Å². The SMILES string of the molecule is Cc1cccc(CN(Cc2cccc(N)c2)C(C)C)c1. The van der Waals surface area contributed by atoms with Crippen molar-refractivity contribution in [2.75, 3.05) is 5.73 Å². The van der Waals surface area contributed by atoms with E-state index in [0.29, 0.717) is 6.04 Å². The molecule has 0 amide bonds. The fourth-order valence-corrected chi connectivity index (χ4v) is 2.39. The summed E-state index contributed by atoms with van der Waals surface area (Å²) in [4.78, 5) is 2.46. The van der Waals surface area contributed by atoms with Crippen LogP contribution >= 0.6 is 0 Å². The Morgan fingerprint density at radius 1 is 0.950 bits per heavy atom. The van der Waals surface area contributed by atoms with Crippen molar-refractivity contribution in [3.63, 3.8) is 0 Å². The van der Waals surface area contributed by atoms with Crippen molar-refractivity contribution in [2.45, 2.75) is 39.9 Å². The molecule has 106 valence electrons. The molecule has 2 nitrogen and oxygen atoms in total. The highest BCUT2D eigenvalue weighted by Gasteiger charge is 2.11. The molecule has 0 saturated carbocycles. The van der Waals surface area contributed by atoms with E-state index < -0.39 is 0 Å². The molecule has 0 saturated heterocycles. The van der Waals surface area contributed by atoms with E-state index in [1.807, 2.05) is 12.1 Å². The Balaban J connectivity index is 2.11. The molecule has 2 aromatic rings. The van der Waals surface area contributed by atoms with Crippen LogP contribution in [0.4, 0.5) is 5.69 Å². The number of hydrogen-bond acceptors (Lipinski definition) is 2. The van der Waals surface area contributed by atoms with E-state index in [9.17, 15) is 0 Å². The summed E-state index contributed by atoms with van der Waals surface area (Å²) in [5.74, 6) is 0. The molecule has 20 heavy (non-hydrogen) atoms. The number of anilines is 1. The number of aryl methyl sites for hydroxylation is 1. The Bertz CT molecular complexity index is 513. The van der Waals surface area contributed by atoms with Gasteiger partial charge in [-0.05, 0) is 44.0 Å². The fraction of sp³-hybridized carbons (Fsp3) is 0.333. The maximum Gasteiger partial charge on any atom is 0.0317 e. The Hall–Kier alpha value is -1.80. The third kappa shape index (κ3) is 4.10. The molecule has 0 aromatic heterocycles. The van der Waals surface area contributed by atoms with Crippen LogP contribution in [0.5, 0.6) is 0 Å². The van der Waals surface area contributed by atoms with Crippen LogP contribution in [-0.2, 0) is 13.1 Å². The minimum absolute atomic E-state index is 0.497. The summed E-state index contributed by atoms with van der Waals surface area (Å²) in [7, 11) is 0. The van der Waals surface area contributed by atoms with Crippen LogP contribution in [0, 0.1) is 6.92 Å². The largest absolute Gasteiger partial charge is 0.399 e. The summed E-state index contributed by atoms with van der Waals surface area (Å²) in [5.41, 5.74) is 10.6. The van der Waals surface area contributed by atoms with E-state index in [1.165, 1.54) is 16.7 Å². The number of hydrogen-bond donors (Lipinski definition) is 1. The van der Waals surface area contributed by atoms with Crippen molar-refractivity contribution >= 4 is 5.69 Å². The second-order valence-electron chi connectivity index (χ2n) is 5.73. The average molecular weight is 268 g/mol. The van der Waals surface area contributed by atoms with Crippen LogP contribution in [0.25, 0.3) is 0 Å². The van der Waals surface area contributed by atoms with E-state index in [-0.39, 0.29) is 0 Å². The van der Waals surface area contributed by atoms with Gasteiger partial charge in [0.1, 0.15) is 0 Å². The van der Waals surface area contributed by atoms with Gasteiger partial charge in [-0.1, -0.05) is 42.0 Å². The number of benzene rings is 2. The smallest absolute Gasteiger partial charge is 0.0317 e. The van der Waals surface area contributed by atoms with Crippen LogP contribution in [0.3, 0.4) is 0 Å². The zero-order valence-corrected chi connectivity index (χ0v) is 12.6. The van der Waals surface area contributed by atoms with Crippen LogP contribution in [-0.4, -0.2) is 10.9 Å². The zero-order chi connectivity index (χ0) is 14.5. The van der Waals surface area contributed by atoms with Gasteiger partial charge in [0.2, 0.25) is 0 Å². The Morgan fingerprint density at radius 3 is 2.10 bits per heavy atom. The first-order chi connectivity index (χ1) is 9.54. The van der Waals surface area contributed by atoms with Gasteiger partial charge in [0.25, 0.3) is 0 Å². The van der Waals surface area contributed by atoms with E-state index in [1.54, 1.807) is 0 Å². The van der Waals surface area contributed by atoms with E-state index >= 15 is 0 Å². The quantitative estimate of drug-likeness (QED) is 0.831. The molecule has 0 aliphatic rings. The predicted molar refractivity (Wildman–Crippen MR) is 86.4 cm³/mol. The molecule has 0 aliphatic carbocycles. The minimum atomic E-state index is 0.497. The summed E-state index contributed by atoms with van der Waals surface area (Å²) in [6, 6.07) is 17.4. The molecule has 0 fully saturated rings. The molecular weight excluding hydrogens is 244 g/mol. The molecule has 2 rings (SSSR count). The third-order valence-electron chi connectivity index (χ3n) is 3.54. The molecule has 0 bridgehead atoms. The molecule has 0 radical (unpaired) electrons. The fourth-order valence-electron chi connectivity index (χ4n) is 2.39. The Kier molecular flexibility index (Phi) is 4.80. The molecular formula is C18H24N2. The highest BCUT2D eigenvalue weighted by Crippen LogP contribution is 2.15. The third-order valence-corrected chi connectivity index (χ3v) is 3.54. The lowest BCUT2D eigenvalue weighted by Gasteiger charge is -2.27. The number of nitrogens with zero attached hydrogens (tertiary/aromatic N) is 1. The second kappa shape index (κ2) is 6.58. The maximum absolute atomic E-state index is 5.86. The lowest BCUT2D eigenvalue weighted by atomic mass is 10.1. The first kappa shape index (κ1) is 14.6. The van der Waals surface area contributed by atoms with E-state index in [2.05, 4.69) is 62.1 Å². The van der Waals surface area contributed by atoms with Crippen molar-refractivity contribution < 1.29 is 0 Å². The molecule has 0 aliphatic heterocycles. The van der Waals surface area contributed by atoms with Gasteiger partial charge in [-0.3, -0.25) is 4.90 Å². The highest BCUT2D eigenvalue weighted by molar-refractivity contribution is 5.40. The van der Waals surface area contributed by atoms with Gasteiger partial charge in [0, 0.05) is 24.8 Å². The van der Waals surface area contributed by atoms with Crippen LogP contribution in [0.15, 0.2) is 48.5 Å². The van der Waals surface area contributed by atoms with Gasteiger partial charge in [0.05, 0.1) is 0 Å². The molecule has 2 heteroatoms. The molecule has 0 heterocycles. The lowest BCUT2D eigenvalue weighted by Crippen LogP contribution is -2.29. The lowest BCUT2D eigenvalue weighted by molar-refractivity contribution is 0.203. The van der Waals surface area contributed by atoms with Crippen molar-refractivity contribution in [3.8, 4) is 0 Å². The van der Waals surface area contributed by atoms with Crippen molar-refractivity contribution in [1.29, 1.82) is 0 Å². The normalized spacial score (nSPS) is 11.2. The Labute approximate surface area is 122 Å². The van der Waals surface area contributed by atoms with Gasteiger partial charge in [0.15, 0.2) is 0 Å².